The molecule has 0 radical (unpaired) electrons. The van der Waals surface area contributed by atoms with Gasteiger partial charge in [-0.1, -0.05) is 26.8 Å². The van der Waals surface area contributed by atoms with Crippen LogP contribution in [0.2, 0.25) is 0 Å². The predicted octanol–water partition coefficient (Wildman–Crippen LogP) is 3.07. The van der Waals surface area contributed by atoms with Crippen LogP contribution in [-0.4, -0.2) is 12.8 Å². The summed E-state index contributed by atoms with van der Waals surface area (Å²) in [6.07, 6.45) is 2.14. The molecule has 64 valence electrons. The van der Waals surface area contributed by atoms with E-state index in [1.165, 1.54) is 5.57 Å². The van der Waals surface area contributed by atoms with Gasteiger partial charge in [-0.2, -0.15) is 0 Å². The van der Waals surface area contributed by atoms with Crippen molar-refractivity contribution >= 4 is 5.71 Å². The van der Waals surface area contributed by atoms with Crippen LogP contribution in [0.1, 0.15) is 34.6 Å². The van der Waals surface area contributed by atoms with Crippen LogP contribution in [-0.2, 0) is 0 Å². The molecule has 0 aliphatic rings. The first-order valence-electron chi connectivity index (χ1n) is 4.04. The maximum Gasteiger partial charge on any atom is 0.0347 e. The van der Waals surface area contributed by atoms with Crippen molar-refractivity contribution < 1.29 is 0 Å². The van der Waals surface area contributed by atoms with E-state index in [4.69, 9.17) is 0 Å². The van der Waals surface area contributed by atoms with Crippen molar-refractivity contribution in [2.75, 3.05) is 7.05 Å². The molecular formula is C10H19N. The Labute approximate surface area is 70.2 Å². The van der Waals surface area contributed by atoms with Gasteiger partial charge in [0.25, 0.3) is 0 Å². The van der Waals surface area contributed by atoms with Crippen molar-refractivity contribution in [1.29, 1.82) is 0 Å². The molecule has 0 saturated heterocycles. The molecule has 11 heavy (non-hydrogen) atoms. The molecule has 0 N–H and O–H groups in total. The topological polar surface area (TPSA) is 12.4 Å². The van der Waals surface area contributed by atoms with E-state index in [9.17, 15) is 0 Å². The summed E-state index contributed by atoms with van der Waals surface area (Å²) in [5.74, 6) is 0. The molecule has 0 amide bonds. The summed E-state index contributed by atoms with van der Waals surface area (Å²) in [5, 5.41) is 0. The SMILES string of the molecule is C/C=C(\C(C)=NC)C(C)(C)C. The quantitative estimate of drug-likeness (QED) is 0.513. The molecule has 0 rings (SSSR count). The van der Waals surface area contributed by atoms with Crippen LogP contribution in [0.15, 0.2) is 16.6 Å². The molecule has 0 bridgehead atoms. The molecule has 1 heteroatoms. The fourth-order valence-corrected chi connectivity index (χ4v) is 1.31. The number of hydrogen-bond donors (Lipinski definition) is 0. The minimum Gasteiger partial charge on any atom is -0.293 e. The Kier molecular flexibility index (Phi) is 3.50. The first-order chi connectivity index (χ1) is 4.93. The Morgan fingerprint density at radius 3 is 1.82 bits per heavy atom. The molecule has 1 nitrogen and oxygen atoms in total. The van der Waals surface area contributed by atoms with E-state index in [0.29, 0.717) is 0 Å². The normalized spacial score (nSPS) is 15.5. The monoisotopic (exact) mass is 153 g/mol. The molecule has 0 heterocycles. The average molecular weight is 153 g/mol. The Morgan fingerprint density at radius 1 is 1.27 bits per heavy atom. The van der Waals surface area contributed by atoms with Crippen LogP contribution in [0.25, 0.3) is 0 Å². The van der Waals surface area contributed by atoms with E-state index >= 15 is 0 Å². The highest BCUT2D eigenvalue weighted by Gasteiger charge is 2.17. The van der Waals surface area contributed by atoms with Crippen molar-refractivity contribution in [3.05, 3.63) is 11.6 Å². The summed E-state index contributed by atoms with van der Waals surface area (Å²) in [4.78, 5) is 4.17. The number of allylic oxidation sites excluding steroid dienone is 2. The molecule has 0 unspecified atom stereocenters. The first kappa shape index (κ1) is 10.4. The summed E-state index contributed by atoms with van der Waals surface area (Å²) < 4.78 is 0. The van der Waals surface area contributed by atoms with Crippen LogP contribution in [0.5, 0.6) is 0 Å². The van der Waals surface area contributed by atoms with E-state index in [2.05, 4.69) is 45.7 Å². The van der Waals surface area contributed by atoms with E-state index in [1.54, 1.807) is 0 Å². The van der Waals surface area contributed by atoms with Gasteiger partial charge in [0, 0.05) is 12.8 Å². The lowest BCUT2D eigenvalue weighted by molar-refractivity contribution is 0.523. The zero-order valence-electron chi connectivity index (χ0n) is 8.52. The summed E-state index contributed by atoms with van der Waals surface area (Å²) >= 11 is 0. The zero-order chi connectivity index (χ0) is 9.07. The number of hydrogen-bond acceptors (Lipinski definition) is 1. The highest BCUT2D eigenvalue weighted by Crippen LogP contribution is 2.25. The standard InChI is InChI=1S/C10H19N/c1-7-9(8(2)11-6)10(3,4)5/h7H,1-6H3/b9-7+,11-8?. The molecule has 0 aromatic heterocycles. The van der Waals surface area contributed by atoms with Gasteiger partial charge in [0.15, 0.2) is 0 Å². The Hall–Kier alpha value is -0.590. The molecule has 0 atom stereocenters. The van der Waals surface area contributed by atoms with Gasteiger partial charge in [-0.15, -0.1) is 0 Å². The minimum absolute atomic E-state index is 0.221. The Balaban J connectivity index is 4.73. The maximum absolute atomic E-state index is 4.17. The second-order valence-electron chi connectivity index (χ2n) is 3.76. The first-order valence-corrected chi connectivity index (χ1v) is 4.04. The summed E-state index contributed by atoms with van der Waals surface area (Å²) in [7, 11) is 1.84. The molecular weight excluding hydrogens is 134 g/mol. The Morgan fingerprint density at radius 2 is 1.73 bits per heavy atom. The lowest BCUT2D eigenvalue weighted by Crippen LogP contribution is -2.15. The third-order valence-corrected chi connectivity index (χ3v) is 1.82. The zero-order valence-corrected chi connectivity index (χ0v) is 8.52. The molecule has 0 aliphatic carbocycles. The van der Waals surface area contributed by atoms with Gasteiger partial charge >= 0.3 is 0 Å². The largest absolute Gasteiger partial charge is 0.293 e. The van der Waals surface area contributed by atoms with E-state index < -0.39 is 0 Å². The van der Waals surface area contributed by atoms with E-state index in [-0.39, 0.29) is 5.41 Å². The summed E-state index contributed by atoms with van der Waals surface area (Å²) in [6.45, 7) is 10.7. The van der Waals surface area contributed by atoms with Gasteiger partial charge in [0.2, 0.25) is 0 Å². The third-order valence-electron chi connectivity index (χ3n) is 1.82. The van der Waals surface area contributed by atoms with Gasteiger partial charge in [-0.3, -0.25) is 4.99 Å². The average Bonchev–Trinajstić information content (AvgIpc) is 1.86. The van der Waals surface area contributed by atoms with Crippen molar-refractivity contribution in [3.63, 3.8) is 0 Å². The van der Waals surface area contributed by atoms with Crippen molar-refractivity contribution in [3.8, 4) is 0 Å². The van der Waals surface area contributed by atoms with Crippen LogP contribution in [0, 0.1) is 5.41 Å². The van der Waals surface area contributed by atoms with Gasteiger partial charge < -0.3 is 0 Å². The summed E-state index contributed by atoms with van der Waals surface area (Å²) in [6, 6.07) is 0. The highest BCUT2D eigenvalue weighted by molar-refractivity contribution is 5.99. The fourth-order valence-electron chi connectivity index (χ4n) is 1.31. The second-order valence-corrected chi connectivity index (χ2v) is 3.76. The molecule has 0 spiro atoms. The number of aliphatic imine (C=N–C) groups is 1. The third kappa shape index (κ3) is 2.87. The van der Waals surface area contributed by atoms with Crippen LogP contribution in [0.4, 0.5) is 0 Å². The van der Waals surface area contributed by atoms with E-state index in [1.807, 2.05) is 7.05 Å². The fraction of sp³-hybridized carbons (Fsp3) is 0.700. The van der Waals surface area contributed by atoms with Crippen molar-refractivity contribution in [2.24, 2.45) is 10.4 Å². The van der Waals surface area contributed by atoms with Gasteiger partial charge in [-0.25, -0.2) is 0 Å². The predicted molar refractivity (Wildman–Crippen MR) is 52.2 cm³/mol. The van der Waals surface area contributed by atoms with Crippen LogP contribution in [0.3, 0.4) is 0 Å². The van der Waals surface area contributed by atoms with Gasteiger partial charge in [-0.05, 0) is 24.8 Å². The molecule has 0 aromatic rings. The van der Waals surface area contributed by atoms with Crippen molar-refractivity contribution in [1.82, 2.24) is 0 Å². The van der Waals surface area contributed by atoms with Crippen LogP contribution >= 0.6 is 0 Å². The number of nitrogens with zero attached hydrogens (tertiary/aromatic N) is 1. The highest BCUT2D eigenvalue weighted by atomic mass is 14.7. The molecule has 0 fully saturated rings. The second kappa shape index (κ2) is 3.70. The summed E-state index contributed by atoms with van der Waals surface area (Å²) in [5.41, 5.74) is 2.69. The lowest BCUT2D eigenvalue weighted by atomic mass is 9.84. The van der Waals surface area contributed by atoms with E-state index in [0.717, 1.165) is 5.71 Å². The van der Waals surface area contributed by atoms with Gasteiger partial charge in [0.1, 0.15) is 0 Å². The van der Waals surface area contributed by atoms with Gasteiger partial charge in [0.05, 0.1) is 0 Å². The smallest absolute Gasteiger partial charge is 0.0347 e. The molecule has 0 saturated carbocycles. The molecule has 0 aliphatic heterocycles. The van der Waals surface area contributed by atoms with Crippen LogP contribution < -0.4 is 0 Å². The maximum atomic E-state index is 4.17. The Bertz CT molecular complexity index is 180. The molecule has 0 aromatic carbocycles. The van der Waals surface area contributed by atoms with Crippen molar-refractivity contribution in [2.45, 2.75) is 34.6 Å². The lowest BCUT2D eigenvalue weighted by Gasteiger charge is -2.22. The minimum atomic E-state index is 0.221. The number of rotatable bonds is 1.